The van der Waals surface area contributed by atoms with Crippen molar-refractivity contribution in [3.8, 4) is 11.8 Å². The van der Waals surface area contributed by atoms with Crippen LogP contribution in [0.15, 0.2) is 18.2 Å². The van der Waals surface area contributed by atoms with E-state index in [-0.39, 0.29) is 11.5 Å². The van der Waals surface area contributed by atoms with E-state index >= 15 is 0 Å². The number of hydrogen-bond donors (Lipinski definition) is 1. The highest BCUT2D eigenvalue weighted by atomic mass is 35.5. The Kier molecular flexibility index (Phi) is 4.91. The average molecular weight is 293 g/mol. The van der Waals surface area contributed by atoms with Crippen LogP contribution < -0.4 is 10.5 Å². The maximum absolute atomic E-state index is 8.85. The maximum atomic E-state index is 8.85. The molecule has 2 rings (SSSR count). The fourth-order valence-corrected chi connectivity index (χ4v) is 2.49. The van der Waals surface area contributed by atoms with Gasteiger partial charge in [-0.1, -0.05) is 30.7 Å². The molecule has 20 heavy (non-hydrogen) atoms. The van der Waals surface area contributed by atoms with Crippen molar-refractivity contribution in [1.29, 1.82) is 5.26 Å². The summed E-state index contributed by atoms with van der Waals surface area (Å²) in [5.74, 6) is 0.738. The van der Waals surface area contributed by atoms with Gasteiger partial charge in [-0.2, -0.15) is 5.26 Å². The first-order chi connectivity index (χ1) is 9.60. The molecule has 1 fully saturated rings. The molecule has 108 valence electrons. The lowest BCUT2D eigenvalue weighted by molar-refractivity contribution is 0.234. The Hall–Kier alpha value is -1.24. The van der Waals surface area contributed by atoms with E-state index in [1.165, 1.54) is 0 Å². The SMILES string of the molecule is CCC(N)Cc1cccc(Cl)c1OCC1(CC#N)CC1. The lowest BCUT2D eigenvalue weighted by atomic mass is 10.0. The van der Waals surface area contributed by atoms with Crippen molar-refractivity contribution in [3.63, 3.8) is 0 Å². The number of halogens is 1. The van der Waals surface area contributed by atoms with Gasteiger partial charge in [0.05, 0.1) is 17.7 Å². The predicted octanol–water partition coefficient (Wildman–Crippen LogP) is 3.69. The van der Waals surface area contributed by atoms with E-state index in [0.29, 0.717) is 18.1 Å². The van der Waals surface area contributed by atoms with Gasteiger partial charge in [0, 0.05) is 17.9 Å². The molecule has 0 bridgehead atoms. The molecule has 1 aromatic carbocycles. The van der Waals surface area contributed by atoms with Crippen LogP contribution in [0.1, 0.15) is 38.2 Å². The van der Waals surface area contributed by atoms with Crippen LogP contribution in [0.2, 0.25) is 5.02 Å². The molecule has 0 radical (unpaired) electrons. The highest BCUT2D eigenvalue weighted by Crippen LogP contribution is 2.49. The fourth-order valence-electron chi connectivity index (χ4n) is 2.24. The van der Waals surface area contributed by atoms with Crippen LogP contribution in [-0.2, 0) is 6.42 Å². The summed E-state index contributed by atoms with van der Waals surface area (Å²) in [4.78, 5) is 0. The maximum Gasteiger partial charge on any atom is 0.141 e. The molecule has 1 aliphatic carbocycles. The molecular formula is C16H21ClN2O. The Balaban J connectivity index is 2.08. The molecule has 0 aromatic heterocycles. The van der Waals surface area contributed by atoms with Crippen LogP contribution in [0.4, 0.5) is 0 Å². The summed E-state index contributed by atoms with van der Waals surface area (Å²) in [5.41, 5.74) is 7.13. The van der Waals surface area contributed by atoms with E-state index in [0.717, 1.165) is 37.0 Å². The third-order valence-corrected chi connectivity index (χ3v) is 4.29. The average Bonchev–Trinajstić information content (AvgIpc) is 3.18. The van der Waals surface area contributed by atoms with Gasteiger partial charge < -0.3 is 10.5 Å². The monoisotopic (exact) mass is 292 g/mol. The molecule has 0 saturated heterocycles. The summed E-state index contributed by atoms with van der Waals surface area (Å²) < 4.78 is 5.95. The number of nitrogens with zero attached hydrogens (tertiary/aromatic N) is 1. The Bertz CT molecular complexity index is 506. The molecule has 0 aliphatic heterocycles. The quantitative estimate of drug-likeness (QED) is 0.834. The number of benzene rings is 1. The second-order valence-corrected chi connectivity index (χ2v) is 6.13. The van der Waals surface area contributed by atoms with Crippen LogP contribution >= 0.6 is 11.6 Å². The Morgan fingerprint density at radius 3 is 2.85 bits per heavy atom. The van der Waals surface area contributed by atoms with Crippen LogP contribution in [0.25, 0.3) is 0 Å². The van der Waals surface area contributed by atoms with Crippen molar-refractivity contribution < 1.29 is 4.74 Å². The molecular weight excluding hydrogens is 272 g/mol. The van der Waals surface area contributed by atoms with Crippen molar-refractivity contribution in [3.05, 3.63) is 28.8 Å². The number of hydrogen-bond acceptors (Lipinski definition) is 3. The minimum atomic E-state index is 0.0536. The van der Waals surface area contributed by atoms with Crippen molar-refractivity contribution in [2.24, 2.45) is 11.1 Å². The summed E-state index contributed by atoms with van der Waals surface area (Å²) >= 11 is 6.25. The van der Waals surface area contributed by atoms with E-state index in [1.54, 1.807) is 0 Å². The largest absolute Gasteiger partial charge is 0.491 e. The summed E-state index contributed by atoms with van der Waals surface area (Å²) in [6, 6.07) is 8.14. The van der Waals surface area contributed by atoms with Gasteiger partial charge in [0.25, 0.3) is 0 Å². The highest BCUT2D eigenvalue weighted by Gasteiger charge is 2.43. The molecule has 4 heteroatoms. The third-order valence-electron chi connectivity index (χ3n) is 3.99. The zero-order valence-corrected chi connectivity index (χ0v) is 12.6. The highest BCUT2D eigenvalue weighted by molar-refractivity contribution is 6.32. The molecule has 1 unspecified atom stereocenters. The van der Waals surface area contributed by atoms with E-state index in [1.807, 2.05) is 18.2 Å². The van der Waals surface area contributed by atoms with E-state index < -0.39 is 0 Å². The Morgan fingerprint density at radius 1 is 1.50 bits per heavy atom. The summed E-state index contributed by atoms with van der Waals surface area (Å²) in [6.07, 6.45) is 4.37. The first-order valence-electron chi connectivity index (χ1n) is 7.13. The van der Waals surface area contributed by atoms with Gasteiger partial charge in [0.2, 0.25) is 0 Å². The molecule has 0 spiro atoms. The number of ether oxygens (including phenoxy) is 1. The Labute approximate surface area is 125 Å². The lowest BCUT2D eigenvalue weighted by Gasteiger charge is -2.18. The minimum Gasteiger partial charge on any atom is -0.491 e. The summed E-state index contributed by atoms with van der Waals surface area (Å²) in [5, 5.41) is 9.47. The van der Waals surface area contributed by atoms with Gasteiger partial charge in [-0.05, 0) is 37.3 Å². The van der Waals surface area contributed by atoms with Crippen molar-refractivity contribution in [1.82, 2.24) is 0 Å². The van der Waals surface area contributed by atoms with Gasteiger partial charge in [-0.3, -0.25) is 0 Å². The molecule has 0 amide bonds. The minimum absolute atomic E-state index is 0.0536. The van der Waals surface area contributed by atoms with Crippen LogP contribution in [0.5, 0.6) is 5.75 Å². The lowest BCUT2D eigenvalue weighted by Crippen LogP contribution is -2.22. The van der Waals surface area contributed by atoms with E-state index in [9.17, 15) is 0 Å². The predicted molar refractivity (Wildman–Crippen MR) is 80.8 cm³/mol. The van der Waals surface area contributed by atoms with Gasteiger partial charge in [0.1, 0.15) is 5.75 Å². The van der Waals surface area contributed by atoms with Gasteiger partial charge in [0.15, 0.2) is 0 Å². The number of nitrogens with two attached hydrogens (primary N) is 1. The molecule has 1 aromatic rings. The van der Waals surface area contributed by atoms with Crippen molar-refractivity contribution in [2.75, 3.05) is 6.61 Å². The van der Waals surface area contributed by atoms with Gasteiger partial charge in [-0.25, -0.2) is 0 Å². The van der Waals surface area contributed by atoms with Crippen LogP contribution in [-0.4, -0.2) is 12.6 Å². The smallest absolute Gasteiger partial charge is 0.141 e. The summed E-state index contributed by atoms with van der Waals surface area (Å²) in [7, 11) is 0. The first-order valence-corrected chi connectivity index (χ1v) is 7.51. The zero-order valence-electron chi connectivity index (χ0n) is 11.9. The standard InChI is InChI=1S/C16H21ClN2O/c1-2-13(19)10-12-4-3-5-14(17)15(12)20-11-16(6-7-16)8-9-18/h3-5,13H,2,6-8,10-11,19H2,1H3. The number of nitriles is 1. The molecule has 2 N–H and O–H groups in total. The number of rotatable bonds is 7. The van der Waals surface area contributed by atoms with Crippen LogP contribution in [0.3, 0.4) is 0 Å². The van der Waals surface area contributed by atoms with Gasteiger partial charge >= 0.3 is 0 Å². The molecule has 1 atom stereocenters. The summed E-state index contributed by atoms with van der Waals surface area (Å²) in [6.45, 7) is 2.64. The van der Waals surface area contributed by atoms with Crippen molar-refractivity contribution >= 4 is 11.6 Å². The van der Waals surface area contributed by atoms with E-state index in [2.05, 4.69) is 13.0 Å². The van der Waals surface area contributed by atoms with E-state index in [4.69, 9.17) is 27.3 Å². The number of para-hydroxylation sites is 1. The molecule has 0 heterocycles. The normalized spacial score (nSPS) is 17.3. The molecule has 3 nitrogen and oxygen atoms in total. The topological polar surface area (TPSA) is 59.0 Å². The van der Waals surface area contributed by atoms with Gasteiger partial charge in [-0.15, -0.1) is 0 Å². The molecule has 1 aliphatic rings. The third kappa shape index (κ3) is 3.65. The first kappa shape index (κ1) is 15.2. The zero-order chi connectivity index (χ0) is 14.6. The Morgan fingerprint density at radius 2 is 2.25 bits per heavy atom. The molecule has 1 saturated carbocycles. The fraction of sp³-hybridized carbons (Fsp3) is 0.562. The van der Waals surface area contributed by atoms with Crippen molar-refractivity contribution in [2.45, 2.75) is 45.1 Å². The van der Waals surface area contributed by atoms with Crippen LogP contribution in [0, 0.1) is 16.7 Å². The second kappa shape index (κ2) is 6.47. The second-order valence-electron chi connectivity index (χ2n) is 5.72.